The Kier molecular flexibility index (Phi) is 6.52. The number of carbonyl (C=O) groups is 1. The van der Waals surface area contributed by atoms with Crippen LogP contribution in [0.15, 0.2) is 28.6 Å². The van der Waals surface area contributed by atoms with Gasteiger partial charge in [-0.2, -0.15) is 0 Å². The first-order chi connectivity index (χ1) is 12.8. The Morgan fingerprint density at radius 3 is 2.59 bits per heavy atom. The maximum Gasteiger partial charge on any atom is 0.229 e. The highest BCUT2D eigenvalue weighted by molar-refractivity contribution is 8.00. The average molecular weight is 408 g/mol. The molecule has 4 nitrogen and oxygen atoms in total. The van der Waals surface area contributed by atoms with Crippen LogP contribution in [-0.2, 0) is 10.5 Å². The predicted molar refractivity (Wildman–Crippen MR) is 109 cm³/mol. The van der Waals surface area contributed by atoms with E-state index in [4.69, 9.17) is 0 Å². The Labute approximate surface area is 168 Å². The lowest BCUT2D eigenvalue weighted by Gasteiger charge is -2.36. The van der Waals surface area contributed by atoms with Gasteiger partial charge in [-0.3, -0.25) is 4.79 Å². The Morgan fingerprint density at radius 2 is 1.93 bits per heavy atom. The molecular weight excluding hydrogens is 381 g/mol. The third-order valence-electron chi connectivity index (χ3n) is 5.27. The van der Waals surface area contributed by atoms with E-state index in [0.29, 0.717) is 27.8 Å². The van der Waals surface area contributed by atoms with Crippen molar-refractivity contribution in [3.8, 4) is 0 Å². The standard InChI is InChI=1S/C20H26FN3OS2/c1-20(2,3)15-10-8-13(9-11-15)17(25)22-18-23-24-19(27-18)26-12-14-6-4-5-7-16(14)21/h4-7,13,15H,8-12H2,1-3H3,(H,22,23,25). The van der Waals surface area contributed by atoms with E-state index in [0.717, 1.165) is 30.0 Å². The zero-order valence-corrected chi connectivity index (χ0v) is 17.6. The van der Waals surface area contributed by atoms with Gasteiger partial charge < -0.3 is 5.32 Å². The Bertz CT molecular complexity index is 780. The highest BCUT2D eigenvalue weighted by Gasteiger charge is 2.32. The van der Waals surface area contributed by atoms with Crippen molar-refractivity contribution in [2.75, 3.05) is 5.32 Å². The van der Waals surface area contributed by atoms with Crippen LogP contribution in [0.25, 0.3) is 0 Å². The SMILES string of the molecule is CC(C)(C)C1CCC(C(=O)Nc2nnc(SCc3ccccc3F)s2)CC1. The number of rotatable bonds is 5. The zero-order valence-electron chi connectivity index (χ0n) is 16.0. The molecule has 1 fully saturated rings. The summed E-state index contributed by atoms with van der Waals surface area (Å²) >= 11 is 2.77. The predicted octanol–water partition coefficient (Wildman–Crippen LogP) is 5.76. The van der Waals surface area contributed by atoms with E-state index >= 15 is 0 Å². The molecule has 146 valence electrons. The quantitative estimate of drug-likeness (QED) is 0.506. The van der Waals surface area contributed by atoms with Crippen LogP contribution in [0.5, 0.6) is 0 Å². The van der Waals surface area contributed by atoms with Gasteiger partial charge in [-0.25, -0.2) is 4.39 Å². The lowest BCUT2D eigenvalue weighted by molar-refractivity contribution is -0.121. The summed E-state index contributed by atoms with van der Waals surface area (Å²) in [6.07, 6.45) is 4.06. The molecule has 0 saturated heterocycles. The number of amides is 1. The number of nitrogens with zero attached hydrogens (tertiary/aromatic N) is 2. The molecule has 1 heterocycles. The van der Waals surface area contributed by atoms with Gasteiger partial charge in [0.1, 0.15) is 5.82 Å². The lowest BCUT2D eigenvalue weighted by Crippen LogP contribution is -2.31. The van der Waals surface area contributed by atoms with E-state index in [1.165, 1.54) is 29.2 Å². The second kappa shape index (κ2) is 8.69. The van der Waals surface area contributed by atoms with Crippen molar-refractivity contribution < 1.29 is 9.18 Å². The summed E-state index contributed by atoms with van der Waals surface area (Å²) < 4.78 is 14.4. The van der Waals surface area contributed by atoms with Crippen LogP contribution in [0.4, 0.5) is 9.52 Å². The van der Waals surface area contributed by atoms with Gasteiger partial charge in [-0.05, 0) is 48.6 Å². The molecule has 1 aliphatic carbocycles. The molecule has 0 unspecified atom stereocenters. The summed E-state index contributed by atoms with van der Waals surface area (Å²) in [5.41, 5.74) is 0.948. The van der Waals surface area contributed by atoms with Crippen LogP contribution < -0.4 is 5.32 Å². The fourth-order valence-corrected chi connectivity index (χ4v) is 5.24. The van der Waals surface area contributed by atoms with Crippen LogP contribution in [0.2, 0.25) is 0 Å². The van der Waals surface area contributed by atoms with Gasteiger partial charge in [0, 0.05) is 11.7 Å². The monoisotopic (exact) mass is 407 g/mol. The second-order valence-electron chi connectivity index (χ2n) is 8.16. The number of benzene rings is 1. The summed E-state index contributed by atoms with van der Waals surface area (Å²) in [5, 5.41) is 11.6. The van der Waals surface area contributed by atoms with Crippen LogP contribution in [-0.4, -0.2) is 16.1 Å². The topological polar surface area (TPSA) is 54.9 Å². The van der Waals surface area contributed by atoms with E-state index in [1.54, 1.807) is 12.1 Å². The minimum absolute atomic E-state index is 0.0455. The van der Waals surface area contributed by atoms with Crippen molar-refractivity contribution in [2.24, 2.45) is 17.3 Å². The number of aromatic nitrogens is 2. The molecule has 1 saturated carbocycles. The van der Waals surface area contributed by atoms with E-state index in [-0.39, 0.29) is 17.6 Å². The van der Waals surface area contributed by atoms with Crippen LogP contribution in [0.1, 0.15) is 52.0 Å². The number of halogens is 1. The average Bonchev–Trinajstić information content (AvgIpc) is 3.08. The fourth-order valence-electron chi connectivity index (χ4n) is 3.50. The van der Waals surface area contributed by atoms with Gasteiger partial charge in [0.2, 0.25) is 11.0 Å². The maximum absolute atomic E-state index is 13.7. The number of hydrogen-bond acceptors (Lipinski definition) is 5. The van der Waals surface area contributed by atoms with Gasteiger partial charge in [0.15, 0.2) is 4.34 Å². The first kappa shape index (κ1) is 20.3. The smallest absolute Gasteiger partial charge is 0.229 e. The Morgan fingerprint density at radius 1 is 1.22 bits per heavy atom. The molecule has 0 spiro atoms. The minimum Gasteiger partial charge on any atom is -0.300 e. The molecule has 1 aromatic heterocycles. The van der Waals surface area contributed by atoms with Crippen molar-refractivity contribution in [1.82, 2.24) is 10.2 Å². The van der Waals surface area contributed by atoms with Crippen molar-refractivity contribution in [3.63, 3.8) is 0 Å². The molecule has 0 atom stereocenters. The van der Waals surface area contributed by atoms with Crippen LogP contribution in [0.3, 0.4) is 0 Å². The van der Waals surface area contributed by atoms with Gasteiger partial charge in [0.25, 0.3) is 0 Å². The normalized spacial score (nSPS) is 20.4. The number of thioether (sulfide) groups is 1. The molecule has 0 aliphatic heterocycles. The fraction of sp³-hybridized carbons (Fsp3) is 0.550. The van der Waals surface area contributed by atoms with E-state index in [9.17, 15) is 9.18 Å². The summed E-state index contributed by atoms with van der Waals surface area (Å²) in [7, 11) is 0. The first-order valence-corrected chi connectivity index (χ1v) is 11.1. The van der Waals surface area contributed by atoms with Crippen molar-refractivity contribution in [3.05, 3.63) is 35.6 Å². The van der Waals surface area contributed by atoms with Crippen LogP contribution >= 0.6 is 23.1 Å². The zero-order chi connectivity index (χ0) is 19.4. The van der Waals surface area contributed by atoms with Crippen LogP contribution in [0, 0.1) is 23.1 Å². The maximum atomic E-state index is 13.7. The van der Waals surface area contributed by atoms with E-state index < -0.39 is 0 Å². The number of hydrogen-bond donors (Lipinski definition) is 1. The summed E-state index contributed by atoms with van der Waals surface area (Å²) in [6.45, 7) is 6.83. The lowest BCUT2D eigenvalue weighted by atomic mass is 9.70. The first-order valence-electron chi connectivity index (χ1n) is 9.33. The summed E-state index contributed by atoms with van der Waals surface area (Å²) in [4.78, 5) is 12.5. The van der Waals surface area contributed by atoms with Gasteiger partial charge in [-0.1, -0.05) is 62.1 Å². The number of nitrogens with one attached hydrogen (secondary N) is 1. The molecule has 0 bridgehead atoms. The van der Waals surface area contributed by atoms with Gasteiger partial charge in [-0.15, -0.1) is 10.2 Å². The molecule has 3 rings (SSSR count). The summed E-state index contributed by atoms with van der Waals surface area (Å²) in [6, 6.07) is 6.71. The Balaban J connectivity index is 1.49. The molecule has 7 heteroatoms. The molecule has 0 radical (unpaired) electrons. The third-order valence-corrected chi connectivity index (χ3v) is 7.29. The van der Waals surface area contributed by atoms with Crippen molar-refractivity contribution >= 4 is 34.1 Å². The second-order valence-corrected chi connectivity index (χ2v) is 10.4. The third kappa shape index (κ3) is 5.51. The Hall–Kier alpha value is -1.47. The largest absolute Gasteiger partial charge is 0.300 e. The van der Waals surface area contributed by atoms with E-state index in [1.807, 2.05) is 6.07 Å². The molecule has 1 N–H and O–H groups in total. The highest BCUT2D eigenvalue weighted by Crippen LogP contribution is 2.40. The molecule has 1 aliphatic rings. The number of anilines is 1. The molecule has 1 aromatic carbocycles. The highest BCUT2D eigenvalue weighted by atomic mass is 32.2. The van der Waals surface area contributed by atoms with Crippen molar-refractivity contribution in [1.29, 1.82) is 0 Å². The minimum atomic E-state index is -0.214. The van der Waals surface area contributed by atoms with Crippen molar-refractivity contribution in [2.45, 2.75) is 56.5 Å². The summed E-state index contributed by atoms with van der Waals surface area (Å²) in [5.74, 6) is 1.07. The molecular formula is C20H26FN3OS2. The van der Waals surface area contributed by atoms with Gasteiger partial charge >= 0.3 is 0 Å². The number of carbonyl (C=O) groups excluding carboxylic acids is 1. The molecule has 27 heavy (non-hydrogen) atoms. The van der Waals surface area contributed by atoms with E-state index in [2.05, 4.69) is 36.3 Å². The van der Waals surface area contributed by atoms with Gasteiger partial charge in [0.05, 0.1) is 0 Å². The molecule has 2 aromatic rings. The molecule has 1 amide bonds.